The van der Waals surface area contributed by atoms with E-state index in [-0.39, 0.29) is 0 Å². The van der Waals surface area contributed by atoms with Crippen molar-refractivity contribution in [1.82, 2.24) is 16.0 Å². The Hall–Kier alpha value is -3.75. The molecule has 15 nitrogen and oxygen atoms in total. The highest BCUT2D eigenvalue weighted by atomic mass is 16.4. The molecule has 30 heavy (non-hydrogen) atoms. The fraction of sp³-hybridized carbons (Fsp3) is 0.533. The van der Waals surface area contributed by atoms with Crippen LogP contribution < -0.4 is 33.2 Å². The summed E-state index contributed by atoms with van der Waals surface area (Å²) in [4.78, 5) is 80.6. The largest absolute Gasteiger partial charge is 0.481 e. The highest BCUT2D eigenvalue weighted by Crippen LogP contribution is 2.01. The van der Waals surface area contributed by atoms with E-state index in [4.69, 9.17) is 27.4 Å². The summed E-state index contributed by atoms with van der Waals surface area (Å²) in [7, 11) is 0. The van der Waals surface area contributed by atoms with Gasteiger partial charge in [0.05, 0.1) is 25.3 Å². The van der Waals surface area contributed by atoms with Crippen molar-refractivity contribution in [2.45, 2.75) is 50.4 Å². The van der Waals surface area contributed by atoms with Gasteiger partial charge in [0.15, 0.2) is 0 Å². The number of primary amides is 2. The zero-order chi connectivity index (χ0) is 23.6. The van der Waals surface area contributed by atoms with Crippen LogP contribution >= 0.6 is 0 Å². The Bertz CT molecular complexity index is 723. The van der Waals surface area contributed by atoms with Crippen LogP contribution in [0.2, 0.25) is 0 Å². The number of amides is 5. The number of nitrogens with two attached hydrogens (primary N) is 3. The van der Waals surface area contributed by atoms with Crippen LogP contribution in [0.3, 0.4) is 0 Å². The lowest BCUT2D eigenvalue weighted by atomic mass is 10.1. The molecular formula is C15H24N6O9. The summed E-state index contributed by atoms with van der Waals surface area (Å²) in [6.45, 7) is 1.28. The molecule has 0 heterocycles. The van der Waals surface area contributed by atoms with Gasteiger partial charge in [0.1, 0.15) is 18.1 Å². The first-order valence-corrected chi connectivity index (χ1v) is 8.42. The van der Waals surface area contributed by atoms with E-state index in [0.29, 0.717) is 0 Å². The number of nitrogens with one attached hydrogen (secondary N) is 3. The molecule has 0 spiro atoms. The van der Waals surface area contributed by atoms with Crippen molar-refractivity contribution in [2.24, 2.45) is 17.2 Å². The Balaban J connectivity index is 5.50. The minimum absolute atomic E-state index is 0.773. The molecule has 0 bridgehead atoms. The Labute approximate surface area is 169 Å². The fourth-order valence-corrected chi connectivity index (χ4v) is 2.04. The molecule has 15 heteroatoms. The van der Waals surface area contributed by atoms with E-state index in [1.165, 1.54) is 6.92 Å². The molecule has 0 rings (SSSR count). The SMILES string of the molecule is CC(N)C(=O)NC(CC(=O)O)C(=O)NC(CC(N)=O)C(=O)NC(CC(N)=O)C(=O)O. The highest BCUT2D eigenvalue weighted by Gasteiger charge is 2.32. The zero-order valence-corrected chi connectivity index (χ0v) is 15.9. The van der Waals surface area contributed by atoms with Gasteiger partial charge in [-0.2, -0.15) is 0 Å². The lowest BCUT2D eigenvalue weighted by molar-refractivity contribution is -0.144. The monoisotopic (exact) mass is 432 g/mol. The second-order valence-corrected chi connectivity index (χ2v) is 6.25. The first-order valence-electron chi connectivity index (χ1n) is 8.42. The summed E-state index contributed by atoms with van der Waals surface area (Å²) in [5.41, 5.74) is 15.3. The van der Waals surface area contributed by atoms with Crippen molar-refractivity contribution < 1.29 is 43.8 Å². The molecule has 0 fully saturated rings. The number of rotatable bonds is 13. The van der Waals surface area contributed by atoms with Crippen LogP contribution in [0.15, 0.2) is 0 Å². The maximum absolute atomic E-state index is 12.4. The van der Waals surface area contributed by atoms with Crippen molar-refractivity contribution in [3.8, 4) is 0 Å². The molecule has 0 saturated carbocycles. The summed E-state index contributed by atoms with van der Waals surface area (Å²) in [6.07, 6.45) is -2.44. The molecular weight excluding hydrogens is 408 g/mol. The lowest BCUT2D eigenvalue weighted by Gasteiger charge is -2.23. The van der Waals surface area contributed by atoms with Gasteiger partial charge in [-0.1, -0.05) is 0 Å². The van der Waals surface area contributed by atoms with Gasteiger partial charge in [-0.15, -0.1) is 0 Å². The zero-order valence-electron chi connectivity index (χ0n) is 15.9. The molecule has 0 aromatic carbocycles. The molecule has 0 aliphatic carbocycles. The summed E-state index contributed by atoms with van der Waals surface area (Å²) >= 11 is 0. The molecule has 11 N–H and O–H groups in total. The van der Waals surface area contributed by atoms with Crippen molar-refractivity contribution in [2.75, 3.05) is 0 Å². The van der Waals surface area contributed by atoms with Gasteiger partial charge in [-0.3, -0.25) is 28.8 Å². The molecule has 0 aromatic heterocycles. The van der Waals surface area contributed by atoms with E-state index in [1.54, 1.807) is 0 Å². The van der Waals surface area contributed by atoms with Gasteiger partial charge in [0.2, 0.25) is 29.5 Å². The van der Waals surface area contributed by atoms with E-state index in [9.17, 15) is 33.6 Å². The molecule has 0 saturated heterocycles. The normalized spacial score (nSPS) is 14.3. The smallest absolute Gasteiger partial charge is 0.326 e. The molecule has 0 aliphatic rings. The van der Waals surface area contributed by atoms with Crippen LogP contribution in [0, 0.1) is 0 Å². The van der Waals surface area contributed by atoms with Crippen LogP contribution in [0.4, 0.5) is 0 Å². The van der Waals surface area contributed by atoms with Gasteiger partial charge in [-0.05, 0) is 6.92 Å². The van der Waals surface area contributed by atoms with Crippen molar-refractivity contribution in [3.63, 3.8) is 0 Å². The van der Waals surface area contributed by atoms with Gasteiger partial charge in [0, 0.05) is 0 Å². The number of hydrogen-bond acceptors (Lipinski definition) is 8. The van der Waals surface area contributed by atoms with E-state index >= 15 is 0 Å². The predicted molar refractivity (Wildman–Crippen MR) is 97.0 cm³/mol. The third-order valence-electron chi connectivity index (χ3n) is 3.48. The standard InChI is InChI=1S/C15H24N6O9/c1-5(16)12(26)19-7(4-11(24)25)14(28)20-6(2-9(17)22)13(27)21-8(15(29)30)3-10(18)23/h5-8H,2-4,16H2,1H3,(H2,17,22)(H2,18,23)(H,19,26)(H,20,28)(H,21,27)(H,24,25)(H,29,30). The van der Waals surface area contributed by atoms with Crippen molar-refractivity contribution in [1.29, 1.82) is 0 Å². The van der Waals surface area contributed by atoms with Gasteiger partial charge in [0.25, 0.3) is 0 Å². The van der Waals surface area contributed by atoms with E-state index in [2.05, 4.69) is 5.32 Å². The number of hydrogen-bond donors (Lipinski definition) is 8. The molecule has 0 radical (unpaired) electrons. The Kier molecular flexibility index (Phi) is 10.5. The number of carbonyl (C=O) groups excluding carboxylic acids is 5. The summed E-state index contributed by atoms with van der Waals surface area (Å²) < 4.78 is 0. The van der Waals surface area contributed by atoms with Gasteiger partial charge in [-0.25, -0.2) is 4.79 Å². The molecule has 0 aliphatic heterocycles. The predicted octanol–water partition coefficient (Wildman–Crippen LogP) is -4.90. The number of carboxylic acid groups (broad SMARTS) is 2. The average Bonchev–Trinajstić information content (AvgIpc) is 2.58. The average molecular weight is 432 g/mol. The summed E-state index contributed by atoms with van der Waals surface area (Å²) in [5, 5.41) is 23.9. The first kappa shape index (κ1) is 26.2. The van der Waals surface area contributed by atoms with Gasteiger partial charge >= 0.3 is 11.9 Å². The quantitative estimate of drug-likeness (QED) is 0.137. The van der Waals surface area contributed by atoms with Crippen LogP contribution in [-0.4, -0.2) is 75.9 Å². The van der Waals surface area contributed by atoms with Gasteiger partial charge < -0.3 is 43.4 Å². The maximum Gasteiger partial charge on any atom is 0.326 e. The molecule has 4 unspecified atom stereocenters. The third-order valence-corrected chi connectivity index (χ3v) is 3.48. The second kappa shape index (κ2) is 11.9. The fourth-order valence-electron chi connectivity index (χ4n) is 2.04. The molecule has 0 aromatic rings. The lowest BCUT2D eigenvalue weighted by Crippen LogP contribution is -2.58. The molecule has 168 valence electrons. The minimum atomic E-state index is -1.75. The number of aliphatic carboxylic acids is 2. The molecule has 5 amide bonds. The number of carbonyl (C=O) groups is 7. The Morgan fingerprint density at radius 1 is 0.700 bits per heavy atom. The number of carboxylic acids is 2. The van der Waals surface area contributed by atoms with Crippen molar-refractivity contribution >= 4 is 41.5 Å². The minimum Gasteiger partial charge on any atom is -0.481 e. The topological polar surface area (TPSA) is 274 Å². The highest BCUT2D eigenvalue weighted by molar-refractivity contribution is 5.97. The van der Waals surface area contributed by atoms with Crippen LogP contribution in [0.25, 0.3) is 0 Å². The molecule has 4 atom stereocenters. The first-order chi connectivity index (χ1) is 13.7. The van der Waals surface area contributed by atoms with Crippen molar-refractivity contribution in [3.05, 3.63) is 0 Å². The van der Waals surface area contributed by atoms with Crippen LogP contribution in [-0.2, 0) is 33.6 Å². The maximum atomic E-state index is 12.4. The Morgan fingerprint density at radius 2 is 1.07 bits per heavy atom. The summed E-state index contributed by atoms with van der Waals surface area (Å²) in [5.74, 6) is -8.43. The van der Waals surface area contributed by atoms with E-state index in [1.807, 2.05) is 10.6 Å². The Morgan fingerprint density at radius 3 is 1.43 bits per heavy atom. The van der Waals surface area contributed by atoms with E-state index < -0.39 is 84.9 Å². The second-order valence-electron chi connectivity index (χ2n) is 6.25. The third kappa shape index (κ3) is 9.98. The summed E-state index contributed by atoms with van der Waals surface area (Å²) in [6, 6.07) is -6.22. The van der Waals surface area contributed by atoms with Crippen LogP contribution in [0.5, 0.6) is 0 Å². The van der Waals surface area contributed by atoms with Crippen LogP contribution in [0.1, 0.15) is 26.2 Å². The van der Waals surface area contributed by atoms with E-state index in [0.717, 1.165) is 0 Å².